The van der Waals surface area contributed by atoms with Gasteiger partial charge >= 0.3 is 0 Å². The lowest BCUT2D eigenvalue weighted by atomic mass is 9.82. The molecule has 0 aromatic heterocycles. The third-order valence-electron chi connectivity index (χ3n) is 2.97. The lowest BCUT2D eigenvalue weighted by molar-refractivity contribution is -0.239. The van der Waals surface area contributed by atoms with E-state index in [9.17, 15) is 0 Å². The van der Waals surface area contributed by atoms with Gasteiger partial charge in [0.05, 0.1) is 5.60 Å². The fourth-order valence-electron chi connectivity index (χ4n) is 1.91. The SMILES string of the molecule is CC1(OC2CCCCO2)CCC1. The standard InChI is InChI=1S/C10H18O2/c1-10(6-4-7-10)12-9-5-2-3-8-11-9/h9H,2-8H2,1H3. The molecule has 0 aromatic carbocycles. The van der Waals surface area contributed by atoms with E-state index in [2.05, 4.69) is 6.92 Å². The summed E-state index contributed by atoms with van der Waals surface area (Å²) in [6.07, 6.45) is 7.42. The Morgan fingerprint density at radius 3 is 2.58 bits per heavy atom. The fraction of sp³-hybridized carbons (Fsp3) is 1.00. The fourth-order valence-corrected chi connectivity index (χ4v) is 1.91. The van der Waals surface area contributed by atoms with Crippen molar-refractivity contribution in [1.82, 2.24) is 0 Å². The van der Waals surface area contributed by atoms with Crippen LogP contribution in [0, 0.1) is 0 Å². The highest BCUT2D eigenvalue weighted by Gasteiger charge is 2.35. The van der Waals surface area contributed by atoms with Gasteiger partial charge in [0.15, 0.2) is 6.29 Å². The van der Waals surface area contributed by atoms with Crippen LogP contribution in [0.4, 0.5) is 0 Å². The van der Waals surface area contributed by atoms with Gasteiger partial charge in [0.1, 0.15) is 0 Å². The van der Waals surface area contributed by atoms with Crippen LogP contribution >= 0.6 is 0 Å². The monoisotopic (exact) mass is 170 g/mol. The Morgan fingerprint density at radius 2 is 2.08 bits per heavy atom. The molecule has 1 aliphatic heterocycles. The van der Waals surface area contributed by atoms with E-state index in [0.29, 0.717) is 0 Å². The zero-order chi connectivity index (χ0) is 8.44. The molecule has 2 aliphatic rings. The van der Waals surface area contributed by atoms with Gasteiger partial charge < -0.3 is 9.47 Å². The molecule has 2 fully saturated rings. The minimum Gasteiger partial charge on any atom is -0.353 e. The summed E-state index contributed by atoms with van der Waals surface area (Å²) in [5, 5.41) is 0. The zero-order valence-corrected chi connectivity index (χ0v) is 7.84. The van der Waals surface area contributed by atoms with Crippen molar-refractivity contribution in [3.63, 3.8) is 0 Å². The maximum Gasteiger partial charge on any atom is 0.158 e. The Labute approximate surface area is 74.2 Å². The lowest BCUT2D eigenvalue weighted by Crippen LogP contribution is -2.41. The molecule has 1 aliphatic carbocycles. The molecule has 1 atom stereocenters. The summed E-state index contributed by atoms with van der Waals surface area (Å²) in [4.78, 5) is 0. The summed E-state index contributed by atoms with van der Waals surface area (Å²) in [5.74, 6) is 0. The van der Waals surface area contributed by atoms with Crippen molar-refractivity contribution >= 4 is 0 Å². The number of rotatable bonds is 2. The van der Waals surface area contributed by atoms with Gasteiger partial charge in [0.25, 0.3) is 0 Å². The Bertz CT molecular complexity index is 146. The molecule has 2 heteroatoms. The molecule has 12 heavy (non-hydrogen) atoms. The third-order valence-corrected chi connectivity index (χ3v) is 2.97. The summed E-state index contributed by atoms with van der Waals surface area (Å²) in [5.41, 5.74) is 0.155. The van der Waals surface area contributed by atoms with Gasteiger partial charge in [-0.2, -0.15) is 0 Å². The first-order valence-electron chi connectivity index (χ1n) is 5.08. The maximum atomic E-state index is 5.89. The maximum absolute atomic E-state index is 5.89. The largest absolute Gasteiger partial charge is 0.353 e. The average Bonchev–Trinajstić information content (AvgIpc) is 2.04. The van der Waals surface area contributed by atoms with Crippen molar-refractivity contribution in [1.29, 1.82) is 0 Å². The molecule has 1 unspecified atom stereocenters. The summed E-state index contributed by atoms with van der Waals surface area (Å²) >= 11 is 0. The molecular formula is C10H18O2. The van der Waals surface area contributed by atoms with Crippen LogP contribution in [0.15, 0.2) is 0 Å². The second-order valence-corrected chi connectivity index (χ2v) is 4.22. The van der Waals surface area contributed by atoms with Crippen molar-refractivity contribution in [3.8, 4) is 0 Å². The van der Waals surface area contributed by atoms with Crippen molar-refractivity contribution in [2.75, 3.05) is 6.61 Å². The highest BCUT2D eigenvalue weighted by Crippen LogP contribution is 2.37. The van der Waals surface area contributed by atoms with E-state index in [0.717, 1.165) is 13.0 Å². The summed E-state index contributed by atoms with van der Waals surface area (Å²) in [6.45, 7) is 3.09. The van der Waals surface area contributed by atoms with Gasteiger partial charge in [-0.3, -0.25) is 0 Å². The summed E-state index contributed by atoms with van der Waals surface area (Å²) in [7, 11) is 0. The van der Waals surface area contributed by atoms with Crippen LogP contribution in [0.1, 0.15) is 45.4 Å². The highest BCUT2D eigenvalue weighted by molar-refractivity contribution is 4.85. The van der Waals surface area contributed by atoms with E-state index in [-0.39, 0.29) is 11.9 Å². The molecule has 0 radical (unpaired) electrons. The van der Waals surface area contributed by atoms with E-state index in [4.69, 9.17) is 9.47 Å². The third kappa shape index (κ3) is 1.80. The smallest absolute Gasteiger partial charge is 0.158 e. The second-order valence-electron chi connectivity index (χ2n) is 4.22. The van der Waals surface area contributed by atoms with Crippen LogP contribution in [0.25, 0.3) is 0 Å². The number of ether oxygens (including phenoxy) is 2. The summed E-state index contributed by atoms with van der Waals surface area (Å²) in [6, 6.07) is 0. The first-order chi connectivity index (χ1) is 5.79. The van der Waals surface area contributed by atoms with E-state index in [1.54, 1.807) is 0 Å². The molecule has 0 bridgehead atoms. The van der Waals surface area contributed by atoms with Gasteiger partial charge in [0, 0.05) is 6.61 Å². The van der Waals surface area contributed by atoms with Crippen LogP contribution in [0.3, 0.4) is 0 Å². The van der Waals surface area contributed by atoms with Crippen LogP contribution in [-0.2, 0) is 9.47 Å². The van der Waals surface area contributed by atoms with Gasteiger partial charge in [-0.15, -0.1) is 0 Å². The number of hydrogen-bond acceptors (Lipinski definition) is 2. The van der Waals surface area contributed by atoms with Crippen LogP contribution in [-0.4, -0.2) is 18.5 Å². The number of hydrogen-bond donors (Lipinski definition) is 0. The Morgan fingerprint density at radius 1 is 1.25 bits per heavy atom. The van der Waals surface area contributed by atoms with E-state index in [1.165, 1.54) is 32.1 Å². The minimum atomic E-state index is 0.101. The first-order valence-corrected chi connectivity index (χ1v) is 5.08. The Kier molecular flexibility index (Phi) is 2.37. The topological polar surface area (TPSA) is 18.5 Å². The molecule has 2 rings (SSSR count). The zero-order valence-electron chi connectivity index (χ0n) is 7.84. The van der Waals surface area contributed by atoms with Gasteiger partial charge in [0.2, 0.25) is 0 Å². The van der Waals surface area contributed by atoms with Crippen molar-refractivity contribution in [2.24, 2.45) is 0 Å². The molecule has 0 N–H and O–H groups in total. The van der Waals surface area contributed by atoms with Crippen molar-refractivity contribution < 1.29 is 9.47 Å². The molecule has 2 nitrogen and oxygen atoms in total. The molecule has 0 aromatic rings. The van der Waals surface area contributed by atoms with Gasteiger partial charge in [-0.05, 0) is 45.4 Å². The van der Waals surface area contributed by atoms with E-state index in [1.807, 2.05) is 0 Å². The van der Waals surface area contributed by atoms with Crippen molar-refractivity contribution in [3.05, 3.63) is 0 Å². The Balaban J connectivity index is 1.77. The normalized spacial score (nSPS) is 34.2. The first kappa shape index (κ1) is 8.52. The van der Waals surface area contributed by atoms with Gasteiger partial charge in [-0.25, -0.2) is 0 Å². The van der Waals surface area contributed by atoms with E-state index >= 15 is 0 Å². The lowest BCUT2D eigenvalue weighted by Gasteiger charge is -2.41. The molecule has 0 amide bonds. The van der Waals surface area contributed by atoms with Crippen LogP contribution in [0.5, 0.6) is 0 Å². The molecular weight excluding hydrogens is 152 g/mol. The van der Waals surface area contributed by atoms with Gasteiger partial charge in [-0.1, -0.05) is 0 Å². The van der Waals surface area contributed by atoms with Crippen LogP contribution in [0.2, 0.25) is 0 Å². The Hall–Kier alpha value is -0.0800. The summed E-state index contributed by atoms with van der Waals surface area (Å²) < 4.78 is 11.4. The molecule has 0 spiro atoms. The average molecular weight is 170 g/mol. The second kappa shape index (κ2) is 3.35. The van der Waals surface area contributed by atoms with E-state index < -0.39 is 0 Å². The minimum absolute atomic E-state index is 0.101. The molecule has 1 saturated carbocycles. The predicted molar refractivity (Wildman–Crippen MR) is 46.9 cm³/mol. The quantitative estimate of drug-likeness (QED) is 0.634. The molecule has 1 saturated heterocycles. The molecule has 70 valence electrons. The van der Waals surface area contributed by atoms with Crippen LogP contribution < -0.4 is 0 Å². The highest BCUT2D eigenvalue weighted by atomic mass is 16.7. The molecule has 1 heterocycles. The van der Waals surface area contributed by atoms with Crippen molar-refractivity contribution in [2.45, 2.75) is 57.3 Å². The predicted octanol–water partition coefficient (Wildman–Crippen LogP) is 2.47.